The van der Waals surface area contributed by atoms with Gasteiger partial charge in [-0.15, -0.1) is 0 Å². The van der Waals surface area contributed by atoms with Gasteiger partial charge in [0.1, 0.15) is 11.5 Å². The normalized spacial score (nSPS) is 17.5. The van der Waals surface area contributed by atoms with Gasteiger partial charge in [-0.1, -0.05) is 29.8 Å². The minimum Gasteiger partial charge on any atom is -0.507 e. The third-order valence-corrected chi connectivity index (χ3v) is 5.42. The van der Waals surface area contributed by atoms with Crippen molar-refractivity contribution in [2.24, 2.45) is 0 Å². The predicted molar refractivity (Wildman–Crippen MR) is 120 cm³/mol. The van der Waals surface area contributed by atoms with E-state index in [0.717, 1.165) is 22.6 Å². The molecule has 1 heterocycles. The average Bonchev–Trinajstić information content (AvgIpc) is 3.06. The lowest BCUT2D eigenvalue weighted by Crippen LogP contribution is -2.29. The zero-order valence-electron chi connectivity index (χ0n) is 18.0. The molecule has 3 aromatic carbocycles. The van der Waals surface area contributed by atoms with Gasteiger partial charge in [-0.05, 0) is 55.8 Å². The number of aliphatic hydroxyl groups excluding tert-OH is 1. The van der Waals surface area contributed by atoms with Crippen LogP contribution in [-0.2, 0) is 9.59 Å². The van der Waals surface area contributed by atoms with Crippen molar-refractivity contribution in [3.8, 4) is 5.75 Å². The molecule has 0 radical (unpaired) electrons. The number of ketones is 1. The fourth-order valence-corrected chi connectivity index (χ4v) is 3.92. The largest absolute Gasteiger partial charge is 0.507 e. The standard InChI is InChI=1S/C26H21F2NO4/c1-3-33-19-10-7-16(8-11-19)24(30)22-23(17-6-4-5-15(2)13-17)29(26(32)25(22)31)18-9-12-20(27)21(28)14-18/h4-14,23,30H,3H2,1-2H3/b24-22+. The lowest BCUT2D eigenvalue weighted by molar-refractivity contribution is -0.132. The number of ether oxygens (including phenoxy) is 1. The fourth-order valence-electron chi connectivity index (χ4n) is 3.92. The molecule has 1 aliphatic rings. The van der Waals surface area contributed by atoms with Crippen LogP contribution in [0.4, 0.5) is 14.5 Å². The monoisotopic (exact) mass is 449 g/mol. The maximum atomic E-state index is 14.0. The quantitative estimate of drug-likeness (QED) is 0.326. The summed E-state index contributed by atoms with van der Waals surface area (Å²) in [5.41, 5.74) is 1.60. The predicted octanol–water partition coefficient (Wildman–Crippen LogP) is 5.30. The number of aryl methyl sites for hydroxylation is 1. The van der Waals surface area contributed by atoms with Crippen LogP contribution >= 0.6 is 0 Å². The SMILES string of the molecule is CCOc1ccc(/C(O)=C2\C(=O)C(=O)N(c3ccc(F)c(F)c3)C2c2cccc(C)c2)cc1. The van der Waals surface area contributed by atoms with Crippen LogP contribution in [0.2, 0.25) is 0 Å². The Morgan fingerprint density at radius 1 is 1.00 bits per heavy atom. The Balaban J connectivity index is 1.91. The molecule has 1 fully saturated rings. The van der Waals surface area contributed by atoms with E-state index in [0.29, 0.717) is 23.5 Å². The Morgan fingerprint density at radius 2 is 1.73 bits per heavy atom. The van der Waals surface area contributed by atoms with Crippen molar-refractivity contribution in [3.05, 3.63) is 101 Å². The minimum atomic E-state index is -1.15. The molecule has 5 nitrogen and oxygen atoms in total. The van der Waals surface area contributed by atoms with Crippen molar-refractivity contribution in [2.45, 2.75) is 19.9 Å². The first-order valence-corrected chi connectivity index (χ1v) is 10.4. The molecule has 168 valence electrons. The van der Waals surface area contributed by atoms with E-state index in [1.807, 2.05) is 19.9 Å². The molecule has 0 spiro atoms. The van der Waals surface area contributed by atoms with Crippen LogP contribution in [0.1, 0.15) is 29.7 Å². The van der Waals surface area contributed by atoms with E-state index in [1.54, 1.807) is 42.5 Å². The molecule has 33 heavy (non-hydrogen) atoms. The molecule has 7 heteroatoms. The highest BCUT2D eigenvalue weighted by molar-refractivity contribution is 6.51. The van der Waals surface area contributed by atoms with Crippen LogP contribution in [0.25, 0.3) is 5.76 Å². The van der Waals surface area contributed by atoms with Gasteiger partial charge in [0.05, 0.1) is 18.2 Å². The van der Waals surface area contributed by atoms with E-state index in [4.69, 9.17) is 4.74 Å². The molecule has 4 rings (SSSR count). The van der Waals surface area contributed by atoms with E-state index in [2.05, 4.69) is 0 Å². The van der Waals surface area contributed by atoms with E-state index < -0.39 is 29.4 Å². The summed E-state index contributed by atoms with van der Waals surface area (Å²) >= 11 is 0. The van der Waals surface area contributed by atoms with Gasteiger partial charge < -0.3 is 9.84 Å². The average molecular weight is 449 g/mol. The third-order valence-electron chi connectivity index (χ3n) is 5.42. The Bertz CT molecular complexity index is 1270. The van der Waals surface area contributed by atoms with Crippen molar-refractivity contribution in [2.75, 3.05) is 11.5 Å². The zero-order chi connectivity index (χ0) is 23.7. The zero-order valence-corrected chi connectivity index (χ0v) is 18.0. The number of aliphatic hydroxyl groups is 1. The maximum absolute atomic E-state index is 14.0. The molecule has 1 saturated heterocycles. The molecule has 1 atom stereocenters. The van der Waals surface area contributed by atoms with Crippen LogP contribution in [0, 0.1) is 18.6 Å². The summed E-state index contributed by atoms with van der Waals surface area (Å²) in [7, 11) is 0. The molecule has 0 saturated carbocycles. The van der Waals surface area contributed by atoms with Crippen LogP contribution in [0.15, 0.2) is 72.3 Å². The van der Waals surface area contributed by atoms with Gasteiger partial charge in [0.25, 0.3) is 11.7 Å². The number of carbonyl (C=O) groups is 2. The number of anilines is 1. The van der Waals surface area contributed by atoms with Crippen molar-refractivity contribution >= 4 is 23.1 Å². The van der Waals surface area contributed by atoms with Gasteiger partial charge in [-0.2, -0.15) is 0 Å². The number of carbonyl (C=O) groups excluding carboxylic acids is 2. The summed E-state index contributed by atoms with van der Waals surface area (Å²) in [6.45, 7) is 4.16. The first-order valence-electron chi connectivity index (χ1n) is 10.4. The summed E-state index contributed by atoms with van der Waals surface area (Å²) in [4.78, 5) is 27.2. The summed E-state index contributed by atoms with van der Waals surface area (Å²) < 4.78 is 33.0. The second-order valence-corrected chi connectivity index (χ2v) is 7.64. The Morgan fingerprint density at radius 3 is 2.36 bits per heavy atom. The summed E-state index contributed by atoms with van der Waals surface area (Å²) in [6, 6.07) is 15.5. The number of hydrogen-bond donors (Lipinski definition) is 1. The second-order valence-electron chi connectivity index (χ2n) is 7.64. The number of rotatable bonds is 5. The van der Waals surface area contributed by atoms with Crippen molar-refractivity contribution in [1.82, 2.24) is 0 Å². The van der Waals surface area contributed by atoms with Gasteiger partial charge in [0.15, 0.2) is 11.6 Å². The first kappa shape index (κ1) is 22.2. The molecule has 1 aliphatic heterocycles. The Labute approximate surface area is 189 Å². The molecule has 0 bridgehead atoms. The highest BCUT2D eigenvalue weighted by Crippen LogP contribution is 2.42. The van der Waals surface area contributed by atoms with Gasteiger partial charge in [-0.3, -0.25) is 14.5 Å². The maximum Gasteiger partial charge on any atom is 0.300 e. The van der Waals surface area contributed by atoms with Gasteiger partial charge in [-0.25, -0.2) is 8.78 Å². The third kappa shape index (κ3) is 4.09. The molecule has 1 amide bonds. The molecular formula is C26H21F2NO4. The van der Waals surface area contributed by atoms with Crippen LogP contribution < -0.4 is 9.64 Å². The van der Waals surface area contributed by atoms with Gasteiger partial charge >= 0.3 is 0 Å². The van der Waals surface area contributed by atoms with Crippen LogP contribution in [0.3, 0.4) is 0 Å². The smallest absolute Gasteiger partial charge is 0.300 e. The van der Waals surface area contributed by atoms with Crippen molar-refractivity contribution < 1.29 is 28.2 Å². The number of Topliss-reactive ketones (excluding diaryl/α,β-unsaturated/α-hetero) is 1. The minimum absolute atomic E-state index is 0.00764. The molecule has 0 aromatic heterocycles. The van der Waals surface area contributed by atoms with E-state index in [-0.39, 0.29) is 17.0 Å². The number of nitrogens with zero attached hydrogens (tertiary/aromatic N) is 1. The number of hydrogen-bond acceptors (Lipinski definition) is 4. The number of halogens is 2. The fraction of sp³-hybridized carbons (Fsp3) is 0.154. The first-order chi connectivity index (χ1) is 15.8. The Kier molecular flexibility index (Phi) is 5.96. The molecule has 3 aromatic rings. The van der Waals surface area contributed by atoms with Gasteiger partial charge in [0.2, 0.25) is 0 Å². The molecular weight excluding hydrogens is 428 g/mol. The summed E-state index contributed by atoms with van der Waals surface area (Å²) in [5, 5.41) is 11.1. The lowest BCUT2D eigenvalue weighted by atomic mass is 9.94. The Hall–Kier alpha value is -4.00. The molecule has 0 aliphatic carbocycles. The lowest BCUT2D eigenvalue weighted by Gasteiger charge is -2.25. The summed E-state index contributed by atoms with van der Waals surface area (Å²) in [6.07, 6.45) is 0. The van der Waals surface area contributed by atoms with Gasteiger partial charge in [0, 0.05) is 17.3 Å². The van der Waals surface area contributed by atoms with Crippen LogP contribution in [0.5, 0.6) is 5.75 Å². The highest BCUT2D eigenvalue weighted by atomic mass is 19.2. The van der Waals surface area contributed by atoms with Crippen LogP contribution in [-0.4, -0.2) is 23.4 Å². The molecule has 1 unspecified atom stereocenters. The van der Waals surface area contributed by atoms with E-state index in [1.165, 1.54) is 6.07 Å². The molecule has 1 N–H and O–H groups in total. The van der Waals surface area contributed by atoms with Crippen molar-refractivity contribution in [3.63, 3.8) is 0 Å². The highest BCUT2D eigenvalue weighted by Gasteiger charge is 2.47. The van der Waals surface area contributed by atoms with E-state index in [9.17, 15) is 23.5 Å². The summed E-state index contributed by atoms with van der Waals surface area (Å²) in [5.74, 6) is -3.86. The number of amides is 1. The topological polar surface area (TPSA) is 66.8 Å². The number of benzene rings is 3. The second kappa shape index (κ2) is 8.86. The van der Waals surface area contributed by atoms with Crippen molar-refractivity contribution in [1.29, 1.82) is 0 Å². The van der Waals surface area contributed by atoms with E-state index >= 15 is 0 Å².